The molecule has 0 saturated carbocycles. The van der Waals surface area contributed by atoms with Crippen molar-refractivity contribution in [3.05, 3.63) is 57.6 Å². The van der Waals surface area contributed by atoms with Gasteiger partial charge in [0.1, 0.15) is 5.75 Å². The van der Waals surface area contributed by atoms with E-state index in [0.717, 1.165) is 27.8 Å². The van der Waals surface area contributed by atoms with E-state index in [9.17, 15) is 5.11 Å². The van der Waals surface area contributed by atoms with Crippen LogP contribution in [0.25, 0.3) is 0 Å². The van der Waals surface area contributed by atoms with Crippen molar-refractivity contribution < 1.29 is 5.11 Å². The van der Waals surface area contributed by atoms with E-state index >= 15 is 0 Å². The first-order chi connectivity index (χ1) is 8.56. The molecule has 0 spiro atoms. The predicted octanol–water partition coefficient (Wildman–Crippen LogP) is 4.38. The molecule has 2 aromatic carbocycles. The minimum Gasteiger partial charge on any atom is -0.507 e. The standard InChI is InChI=1S/C15H16BrNO/c1-10-7-12(8-11(2)15(10)18)9-17-14-5-3-13(16)4-6-14/h3-8,17-18H,9H2,1-2H3. The summed E-state index contributed by atoms with van der Waals surface area (Å²) in [5, 5.41) is 13.1. The molecule has 0 amide bonds. The van der Waals surface area contributed by atoms with E-state index in [0.29, 0.717) is 5.75 Å². The number of halogens is 1. The quantitative estimate of drug-likeness (QED) is 0.882. The highest BCUT2D eigenvalue weighted by molar-refractivity contribution is 9.10. The number of aryl methyl sites for hydroxylation is 2. The van der Waals surface area contributed by atoms with Crippen molar-refractivity contribution in [1.82, 2.24) is 0 Å². The molecule has 0 fully saturated rings. The van der Waals surface area contributed by atoms with Crippen molar-refractivity contribution in [1.29, 1.82) is 0 Å². The summed E-state index contributed by atoms with van der Waals surface area (Å²) in [6.07, 6.45) is 0. The number of nitrogens with one attached hydrogen (secondary N) is 1. The monoisotopic (exact) mass is 305 g/mol. The lowest BCUT2D eigenvalue weighted by Crippen LogP contribution is -2.00. The molecule has 0 aliphatic carbocycles. The Labute approximate surface area is 116 Å². The largest absolute Gasteiger partial charge is 0.507 e. The molecule has 2 N–H and O–H groups in total. The van der Waals surface area contributed by atoms with Crippen molar-refractivity contribution >= 4 is 21.6 Å². The molecule has 0 atom stereocenters. The first-order valence-corrected chi connectivity index (χ1v) is 6.64. The average Bonchev–Trinajstić information content (AvgIpc) is 2.35. The van der Waals surface area contributed by atoms with Crippen LogP contribution in [-0.2, 0) is 6.54 Å². The first kappa shape index (κ1) is 13.0. The summed E-state index contributed by atoms with van der Waals surface area (Å²) in [6.45, 7) is 4.60. The Balaban J connectivity index is 2.08. The van der Waals surface area contributed by atoms with Gasteiger partial charge in [-0.25, -0.2) is 0 Å². The number of rotatable bonds is 3. The molecule has 0 aromatic heterocycles. The molecule has 0 heterocycles. The van der Waals surface area contributed by atoms with Gasteiger partial charge in [-0.3, -0.25) is 0 Å². The second-order valence-corrected chi connectivity index (χ2v) is 5.35. The van der Waals surface area contributed by atoms with Crippen LogP contribution in [0.3, 0.4) is 0 Å². The molecule has 18 heavy (non-hydrogen) atoms. The van der Waals surface area contributed by atoms with Gasteiger partial charge in [0, 0.05) is 16.7 Å². The highest BCUT2D eigenvalue weighted by atomic mass is 79.9. The fourth-order valence-electron chi connectivity index (χ4n) is 1.92. The van der Waals surface area contributed by atoms with Crippen LogP contribution >= 0.6 is 15.9 Å². The maximum Gasteiger partial charge on any atom is 0.121 e. The Morgan fingerprint density at radius 2 is 1.61 bits per heavy atom. The number of anilines is 1. The number of phenolic OH excluding ortho intramolecular Hbond substituents is 1. The molecule has 0 radical (unpaired) electrons. The second kappa shape index (κ2) is 5.44. The molecule has 0 aliphatic rings. The zero-order valence-corrected chi connectivity index (χ0v) is 12.1. The fourth-order valence-corrected chi connectivity index (χ4v) is 2.18. The molecular weight excluding hydrogens is 290 g/mol. The van der Waals surface area contributed by atoms with Crippen molar-refractivity contribution in [3.63, 3.8) is 0 Å². The normalized spacial score (nSPS) is 10.4. The Morgan fingerprint density at radius 1 is 1.06 bits per heavy atom. The SMILES string of the molecule is Cc1cc(CNc2ccc(Br)cc2)cc(C)c1O. The van der Waals surface area contributed by atoms with Crippen LogP contribution in [-0.4, -0.2) is 5.11 Å². The lowest BCUT2D eigenvalue weighted by molar-refractivity contribution is 0.466. The molecule has 2 rings (SSSR count). The summed E-state index contributed by atoms with van der Waals surface area (Å²) < 4.78 is 1.07. The van der Waals surface area contributed by atoms with Gasteiger partial charge in [0.15, 0.2) is 0 Å². The minimum absolute atomic E-state index is 0.391. The van der Waals surface area contributed by atoms with E-state index in [1.165, 1.54) is 5.56 Å². The zero-order valence-electron chi connectivity index (χ0n) is 10.5. The third kappa shape index (κ3) is 3.05. The number of hydrogen-bond donors (Lipinski definition) is 2. The predicted molar refractivity (Wildman–Crippen MR) is 79.0 cm³/mol. The highest BCUT2D eigenvalue weighted by Crippen LogP contribution is 2.23. The summed E-state index contributed by atoms with van der Waals surface area (Å²) in [7, 11) is 0. The van der Waals surface area contributed by atoms with E-state index in [-0.39, 0.29) is 0 Å². The van der Waals surface area contributed by atoms with E-state index in [1.54, 1.807) is 0 Å². The number of aromatic hydroxyl groups is 1. The van der Waals surface area contributed by atoms with Crippen LogP contribution in [0.5, 0.6) is 5.75 Å². The van der Waals surface area contributed by atoms with Gasteiger partial charge < -0.3 is 10.4 Å². The van der Waals surface area contributed by atoms with Crippen LogP contribution < -0.4 is 5.32 Å². The molecule has 2 aromatic rings. The van der Waals surface area contributed by atoms with Crippen molar-refractivity contribution in [3.8, 4) is 5.75 Å². The average molecular weight is 306 g/mol. The van der Waals surface area contributed by atoms with Gasteiger partial charge in [0.25, 0.3) is 0 Å². The smallest absolute Gasteiger partial charge is 0.121 e. The second-order valence-electron chi connectivity index (χ2n) is 4.44. The Kier molecular flexibility index (Phi) is 3.92. The Bertz CT molecular complexity index is 526. The summed E-state index contributed by atoms with van der Waals surface area (Å²) in [5.74, 6) is 0.391. The van der Waals surface area contributed by atoms with Gasteiger partial charge in [-0.2, -0.15) is 0 Å². The third-order valence-electron chi connectivity index (χ3n) is 2.89. The molecule has 2 nitrogen and oxygen atoms in total. The first-order valence-electron chi connectivity index (χ1n) is 5.85. The van der Waals surface area contributed by atoms with Crippen LogP contribution in [0.4, 0.5) is 5.69 Å². The topological polar surface area (TPSA) is 32.3 Å². The van der Waals surface area contributed by atoms with Gasteiger partial charge in [-0.15, -0.1) is 0 Å². The summed E-state index contributed by atoms with van der Waals surface area (Å²) >= 11 is 3.41. The van der Waals surface area contributed by atoms with Crippen LogP contribution in [0.1, 0.15) is 16.7 Å². The minimum atomic E-state index is 0.391. The summed E-state index contributed by atoms with van der Waals surface area (Å²) in [6, 6.07) is 12.1. The van der Waals surface area contributed by atoms with Gasteiger partial charge in [0.05, 0.1) is 0 Å². The van der Waals surface area contributed by atoms with E-state index in [2.05, 4.69) is 21.2 Å². The van der Waals surface area contributed by atoms with E-state index < -0.39 is 0 Å². The number of benzene rings is 2. The maximum absolute atomic E-state index is 9.72. The lowest BCUT2D eigenvalue weighted by atomic mass is 10.1. The van der Waals surface area contributed by atoms with Crippen LogP contribution in [0.15, 0.2) is 40.9 Å². The van der Waals surface area contributed by atoms with Crippen molar-refractivity contribution in [2.24, 2.45) is 0 Å². The van der Waals surface area contributed by atoms with Gasteiger partial charge in [-0.1, -0.05) is 28.1 Å². The van der Waals surface area contributed by atoms with Gasteiger partial charge in [0.2, 0.25) is 0 Å². The van der Waals surface area contributed by atoms with Crippen LogP contribution in [0, 0.1) is 13.8 Å². The molecule has 3 heteroatoms. The number of phenols is 1. The lowest BCUT2D eigenvalue weighted by Gasteiger charge is -2.10. The maximum atomic E-state index is 9.72. The highest BCUT2D eigenvalue weighted by Gasteiger charge is 2.03. The molecule has 0 saturated heterocycles. The molecule has 0 aliphatic heterocycles. The summed E-state index contributed by atoms with van der Waals surface area (Å²) in [4.78, 5) is 0. The van der Waals surface area contributed by atoms with E-state index in [1.807, 2.05) is 50.2 Å². The van der Waals surface area contributed by atoms with Crippen molar-refractivity contribution in [2.45, 2.75) is 20.4 Å². The third-order valence-corrected chi connectivity index (χ3v) is 3.42. The molecule has 0 bridgehead atoms. The Morgan fingerprint density at radius 3 is 2.17 bits per heavy atom. The molecule has 94 valence electrons. The number of hydrogen-bond acceptors (Lipinski definition) is 2. The summed E-state index contributed by atoms with van der Waals surface area (Å²) in [5.41, 5.74) is 4.09. The van der Waals surface area contributed by atoms with Crippen LogP contribution in [0.2, 0.25) is 0 Å². The van der Waals surface area contributed by atoms with E-state index in [4.69, 9.17) is 0 Å². The fraction of sp³-hybridized carbons (Fsp3) is 0.200. The Hall–Kier alpha value is -1.48. The van der Waals surface area contributed by atoms with Crippen molar-refractivity contribution in [2.75, 3.05) is 5.32 Å². The zero-order chi connectivity index (χ0) is 13.1. The van der Waals surface area contributed by atoms with Gasteiger partial charge >= 0.3 is 0 Å². The molecule has 0 unspecified atom stereocenters. The van der Waals surface area contributed by atoms with Gasteiger partial charge in [-0.05, 0) is 54.8 Å². The molecular formula is C15H16BrNO.